The van der Waals surface area contributed by atoms with Crippen molar-refractivity contribution < 1.29 is 22.8 Å². The molecule has 0 fully saturated rings. The lowest BCUT2D eigenvalue weighted by molar-refractivity contribution is 0.433. The van der Waals surface area contributed by atoms with Crippen LogP contribution in [0.1, 0.15) is 89.5 Å². The van der Waals surface area contributed by atoms with E-state index in [-0.39, 0.29) is 16.4 Å². The first-order valence-electron chi connectivity index (χ1n) is 12.0. The Labute approximate surface area is 193 Å². The Kier molecular flexibility index (Phi) is 11.6. The van der Waals surface area contributed by atoms with Crippen molar-refractivity contribution in [1.29, 1.82) is 0 Å². The van der Waals surface area contributed by atoms with E-state index in [1.54, 1.807) is 6.07 Å². The predicted octanol–water partition coefficient (Wildman–Crippen LogP) is 7.67. The zero-order chi connectivity index (χ0) is 23.2. The third-order valence-corrected chi connectivity index (χ3v) is 6.59. The molecular weight excluding hydrogens is 424 g/mol. The van der Waals surface area contributed by atoms with Crippen LogP contribution in [0.25, 0.3) is 0 Å². The van der Waals surface area contributed by atoms with Crippen molar-refractivity contribution >= 4 is 10.1 Å². The Balaban J connectivity index is 1.77. The van der Waals surface area contributed by atoms with Crippen LogP contribution in [0.4, 0.5) is 0 Å². The molecule has 2 aromatic rings. The normalized spacial score (nSPS) is 11.6. The number of phenols is 1. The summed E-state index contributed by atoms with van der Waals surface area (Å²) in [7, 11) is -4.46. The summed E-state index contributed by atoms with van der Waals surface area (Å²) < 4.78 is 38.5. The van der Waals surface area contributed by atoms with Gasteiger partial charge in [-0.1, -0.05) is 95.8 Å². The van der Waals surface area contributed by atoms with Gasteiger partial charge in [-0.2, -0.15) is 8.42 Å². The standard InChI is InChI=1S/C26H38O5S/c1-2-3-4-5-6-7-8-9-10-11-12-13-16-22-17-14-15-18-24(22)31-25-21-23(27)19-20-26(25)32(28,29)30/h14-15,17-21,27H,2-13,16H2,1H3,(H,28,29,30). The van der Waals surface area contributed by atoms with E-state index in [0.29, 0.717) is 5.75 Å². The van der Waals surface area contributed by atoms with Crippen LogP contribution in [-0.4, -0.2) is 18.1 Å². The topological polar surface area (TPSA) is 83.8 Å². The van der Waals surface area contributed by atoms with Crippen LogP contribution < -0.4 is 4.74 Å². The molecule has 32 heavy (non-hydrogen) atoms. The number of hydrogen-bond acceptors (Lipinski definition) is 4. The molecule has 0 bridgehead atoms. The lowest BCUT2D eigenvalue weighted by Gasteiger charge is -2.13. The van der Waals surface area contributed by atoms with Gasteiger partial charge < -0.3 is 9.84 Å². The summed E-state index contributed by atoms with van der Waals surface area (Å²) in [4.78, 5) is -0.365. The van der Waals surface area contributed by atoms with Crippen LogP contribution in [0.3, 0.4) is 0 Å². The van der Waals surface area contributed by atoms with E-state index >= 15 is 0 Å². The van der Waals surface area contributed by atoms with E-state index in [0.717, 1.165) is 30.9 Å². The van der Waals surface area contributed by atoms with Gasteiger partial charge in [0.15, 0.2) is 5.75 Å². The second-order valence-corrected chi connectivity index (χ2v) is 9.84. The zero-order valence-corrected chi connectivity index (χ0v) is 20.1. The first-order chi connectivity index (χ1) is 15.4. The minimum absolute atomic E-state index is 0.0883. The smallest absolute Gasteiger partial charge is 0.298 e. The maximum absolute atomic E-state index is 11.6. The summed E-state index contributed by atoms with van der Waals surface area (Å²) in [6.07, 6.45) is 16.3. The van der Waals surface area contributed by atoms with Crippen molar-refractivity contribution in [2.75, 3.05) is 0 Å². The van der Waals surface area contributed by atoms with Crippen molar-refractivity contribution in [3.63, 3.8) is 0 Å². The average molecular weight is 463 g/mol. The van der Waals surface area contributed by atoms with Crippen LogP contribution in [0.5, 0.6) is 17.2 Å². The van der Waals surface area contributed by atoms with Crippen molar-refractivity contribution in [2.24, 2.45) is 0 Å². The second-order valence-electron chi connectivity index (χ2n) is 8.45. The van der Waals surface area contributed by atoms with E-state index < -0.39 is 10.1 Å². The van der Waals surface area contributed by atoms with Gasteiger partial charge in [0, 0.05) is 6.07 Å². The highest BCUT2D eigenvalue weighted by atomic mass is 32.2. The molecule has 178 valence electrons. The third kappa shape index (κ3) is 9.61. The largest absolute Gasteiger partial charge is 0.508 e. The number of aromatic hydroxyl groups is 1. The monoisotopic (exact) mass is 462 g/mol. The van der Waals surface area contributed by atoms with Crippen LogP contribution in [0, 0.1) is 0 Å². The molecule has 2 N–H and O–H groups in total. The van der Waals surface area contributed by atoms with Gasteiger partial charge in [0.2, 0.25) is 0 Å². The van der Waals surface area contributed by atoms with Crippen molar-refractivity contribution in [1.82, 2.24) is 0 Å². The molecule has 0 saturated carbocycles. The summed E-state index contributed by atoms with van der Waals surface area (Å²) >= 11 is 0. The molecule has 6 heteroatoms. The minimum Gasteiger partial charge on any atom is -0.508 e. The quantitative estimate of drug-likeness (QED) is 0.197. The van der Waals surface area contributed by atoms with Gasteiger partial charge in [-0.15, -0.1) is 0 Å². The van der Waals surface area contributed by atoms with Crippen molar-refractivity contribution in [3.8, 4) is 17.2 Å². The lowest BCUT2D eigenvalue weighted by atomic mass is 10.0. The van der Waals surface area contributed by atoms with Gasteiger partial charge in [0.05, 0.1) is 0 Å². The summed E-state index contributed by atoms with van der Waals surface area (Å²) in [6.45, 7) is 2.25. The number of para-hydroxylation sites is 1. The number of aryl methyl sites for hydroxylation is 1. The molecule has 0 heterocycles. The summed E-state index contributed by atoms with van der Waals surface area (Å²) in [5, 5.41) is 9.72. The molecule has 0 aliphatic carbocycles. The molecule has 0 radical (unpaired) electrons. The van der Waals surface area contributed by atoms with Crippen molar-refractivity contribution in [2.45, 2.75) is 95.3 Å². The molecular formula is C26H38O5S. The third-order valence-electron chi connectivity index (χ3n) is 5.70. The Morgan fingerprint density at radius 1 is 0.750 bits per heavy atom. The van der Waals surface area contributed by atoms with E-state index in [2.05, 4.69) is 6.92 Å². The van der Waals surface area contributed by atoms with Crippen LogP contribution >= 0.6 is 0 Å². The van der Waals surface area contributed by atoms with E-state index in [4.69, 9.17) is 4.74 Å². The molecule has 0 amide bonds. The number of unbranched alkanes of at least 4 members (excludes halogenated alkanes) is 11. The molecule has 2 aromatic carbocycles. The molecule has 0 spiro atoms. The number of benzene rings is 2. The summed E-state index contributed by atoms with van der Waals surface area (Å²) in [5.74, 6) is 0.312. The fraction of sp³-hybridized carbons (Fsp3) is 0.538. The minimum atomic E-state index is -4.46. The fourth-order valence-electron chi connectivity index (χ4n) is 3.87. The SMILES string of the molecule is CCCCCCCCCCCCCCc1ccccc1Oc1cc(O)ccc1S(=O)(=O)O. The molecule has 0 aliphatic rings. The molecule has 0 aromatic heterocycles. The molecule has 0 aliphatic heterocycles. The average Bonchev–Trinajstić information content (AvgIpc) is 2.75. The number of hydrogen-bond donors (Lipinski definition) is 2. The van der Waals surface area contributed by atoms with Gasteiger partial charge in [0.1, 0.15) is 16.4 Å². The van der Waals surface area contributed by atoms with Gasteiger partial charge >= 0.3 is 0 Å². The highest BCUT2D eigenvalue weighted by Gasteiger charge is 2.18. The second kappa shape index (κ2) is 14.2. The van der Waals surface area contributed by atoms with Gasteiger partial charge in [-0.25, -0.2) is 0 Å². The Morgan fingerprint density at radius 2 is 1.31 bits per heavy atom. The van der Waals surface area contributed by atoms with Gasteiger partial charge in [-0.3, -0.25) is 4.55 Å². The number of ether oxygens (including phenoxy) is 1. The van der Waals surface area contributed by atoms with E-state index in [1.807, 2.05) is 18.2 Å². The molecule has 5 nitrogen and oxygen atoms in total. The van der Waals surface area contributed by atoms with E-state index in [1.165, 1.54) is 76.3 Å². The first-order valence-corrected chi connectivity index (χ1v) is 13.4. The van der Waals surface area contributed by atoms with E-state index in [9.17, 15) is 18.1 Å². The zero-order valence-electron chi connectivity index (χ0n) is 19.3. The highest BCUT2D eigenvalue weighted by Crippen LogP contribution is 2.34. The predicted molar refractivity (Wildman–Crippen MR) is 129 cm³/mol. The lowest BCUT2D eigenvalue weighted by Crippen LogP contribution is -2.02. The Morgan fingerprint density at radius 3 is 1.91 bits per heavy atom. The Bertz CT molecular complexity index is 908. The maximum atomic E-state index is 11.6. The molecule has 2 rings (SSSR count). The maximum Gasteiger partial charge on any atom is 0.298 e. The fourth-order valence-corrected chi connectivity index (χ4v) is 4.47. The molecule has 0 saturated heterocycles. The molecule has 0 unspecified atom stereocenters. The number of phenolic OH excluding ortho intramolecular Hbond substituents is 1. The first kappa shape index (κ1) is 26.2. The van der Waals surface area contributed by atoms with Crippen molar-refractivity contribution in [3.05, 3.63) is 48.0 Å². The Hall–Kier alpha value is -2.05. The van der Waals surface area contributed by atoms with Gasteiger partial charge in [0.25, 0.3) is 10.1 Å². The van der Waals surface area contributed by atoms with Crippen LogP contribution in [0.2, 0.25) is 0 Å². The van der Waals surface area contributed by atoms with Gasteiger partial charge in [-0.05, 0) is 36.6 Å². The summed E-state index contributed by atoms with van der Waals surface area (Å²) in [5.41, 5.74) is 0.976. The summed E-state index contributed by atoms with van der Waals surface area (Å²) in [6, 6.07) is 11.0. The van der Waals surface area contributed by atoms with Crippen LogP contribution in [-0.2, 0) is 16.5 Å². The van der Waals surface area contributed by atoms with Crippen LogP contribution in [0.15, 0.2) is 47.4 Å². The highest BCUT2D eigenvalue weighted by molar-refractivity contribution is 7.86. The number of rotatable bonds is 16. The molecule has 0 atom stereocenters.